The van der Waals surface area contributed by atoms with Crippen LogP contribution in [-0.2, 0) is 14.3 Å². The van der Waals surface area contributed by atoms with Gasteiger partial charge in [-0.05, 0) is 0 Å². The van der Waals surface area contributed by atoms with Crippen LogP contribution in [0.25, 0.3) is 0 Å². The summed E-state index contributed by atoms with van der Waals surface area (Å²) in [5, 5.41) is 17.8. The SMILES string of the molecule is COC(OC)C(O)CSCCC(=O)O. The molecule has 0 rings (SSSR count). The number of aliphatic carboxylic acids is 1. The topological polar surface area (TPSA) is 76.0 Å². The largest absolute Gasteiger partial charge is 0.481 e. The number of carbonyl (C=O) groups is 1. The molecule has 0 saturated heterocycles. The van der Waals surface area contributed by atoms with E-state index in [0.29, 0.717) is 11.5 Å². The Morgan fingerprint density at radius 1 is 1.43 bits per heavy atom. The molecular formula is C8H16O5S. The fourth-order valence-corrected chi connectivity index (χ4v) is 1.74. The molecule has 0 amide bonds. The molecular weight excluding hydrogens is 208 g/mol. The Kier molecular flexibility index (Phi) is 7.87. The lowest BCUT2D eigenvalue weighted by molar-refractivity contribution is -0.156. The lowest BCUT2D eigenvalue weighted by Gasteiger charge is -2.19. The molecule has 0 aromatic carbocycles. The van der Waals surface area contributed by atoms with Gasteiger partial charge in [-0.3, -0.25) is 4.79 Å². The van der Waals surface area contributed by atoms with Crippen molar-refractivity contribution in [3.63, 3.8) is 0 Å². The molecule has 0 radical (unpaired) electrons. The maximum atomic E-state index is 10.2. The van der Waals surface area contributed by atoms with Crippen molar-refractivity contribution in [3.8, 4) is 0 Å². The zero-order valence-corrected chi connectivity index (χ0v) is 9.12. The van der Waals surface area contributed by atoms with E-state index in [4.69, 9.17) is 14.6 Å². The first kappa shape index (κ1) is 13.7. The number of carboxylic acids is 1. The number of ether oxygens (including phenoxy) is 2. The summed E-state index contributed by atoms with van der Waals surface area (Å²) < 4.78 is 9.68. The van der Waals surface area contributed by atoms with Crippen LogP contribution in [0.5, 0.6) is 0 Å². The minimum atomic E-state index is -0.831. The quantitative estimate of drug-likeness (QED) is 0.452. The van der Waals surface area contributed by atoms with Gasteiger partial charge in [0.05, 0.1) is 6.42 Å². The maximum absolute atomic E-state index is 10.2. The van der Waals surface area contributed by atoms with E-state index < -0.39 is 18.4 Å². The van der Waals surface area contributed by atoms with Crippen LogP contribution in [0, 0.1) is 0 Å². The first-order valence-electron chi connectivity index (χ1n) is 4.15. The van der Waals surface area contributed by atoms with Crippen molar-refractivity contribution in [1.29, 1.82) is 0 Å². The van der Waals surface area contributed by atoms with Gasteiger partial charge in [-0.15, -0.1) is 0 Å². The molecule has 5 nitrogen and oxygen atoms in total. The second-order valence-electron chi connectivity index (χ2n) is 2.63. The van der Waals surface area contributed by atoms with Crippen LogP contribution in [0.3, 0.4) is 0 Å². The molecule has 1 atom stereocenters. The third-order valence-corrected chi connectivity index (χ3v) is 2.60. The Balaban J connectivity index is 3.51. The molecule has 14 heavy (non-hydrogen) atoms. The monoisotopic (exact) mass is 224 g/mol. The van der Waals surface area contributed by atoms with Crippen LogP contribution in [0.4, 0.5) is 0 Å². The van der Waals surface area contributed by atoms with Crippen molar-refractivity contribution in [3.05, 3.63) is 0 Å². The van der Waals surface area contributed by atoms with Gasteiger partial charge in [0.1, 0.15) is 6.10 Å². The summed E-state index contributed by atoms with van der Waals surface area (Å²) in [4.78, 5) is 10.2. The Morgan fingerprint density at radius 3 is 2.43 bits per heavy atom. The Labute approximate surface area is 87.4 Å². The van der Waals surface area contributed by atoms with Crippen LogP contribution >= 0.6 is 11.8 Å². The molecule has 0 bridgehead atoms. The van der Waals surface area contributed by atoms with Gasteiger partial charge in [-0.1, -0.05) is 0 Å². The summed E-state index contributed by atoms with van der Waals surface area (Å²) in [7, 11) is 2.89. The van der Waals surface area contributed by atoms with Crippen LogP contribution in [0.1, 0.15) is 6.42 Å². The van der Waals surface area contributed by atoms with Gasteiger partial charge in [-0.2, -0.15) is 11.8 Å². The highest BCUT2D eigenvalue weighted by Crippen LogP contribution is 2.09. The van der Waals surface area contributed by atoms with Crippen molar-refractivity contribution in [2.75, 3.05) is 25.7 Å². The van der Waals surface area contributed by atoms with Crippen molar-refractivity contribution in [2.24, 2.45) is 0 Å². The fourth-order valence-electron chi connectivity index (χ4n) is 0.853. The lowest BCUT2D eigenvalue weighted by Crippen LogP contribution is -2.31. The van der Waals surface area contributed by atoms with E-state index in [-0.39, 0.29) is 6.42 Å². The van der Waals surface area contributed by atoms with Gasteiger partial charge < -0.3 is 19.7 Å². The molecule has 6 heteroatoms. The van der Waals surface area contributed by atoms with E-state index in [1.165, 1.54) is 26.0 Å². The molecule has 84 valence electrons. The van der Waals surface area contributed by atoms with Crippen molar-refractivity contribution in [2.45, 2.75) is 18.8 Å². The van der Waals surface area contributed by atoms with Gasteiger partial charge >= 0.3 is 5.97 Å². The molecule has 0 aromatic heterocycles. The normalized spacial score (nSPS) is 13.1. The van der Waals surface area contributed by atoms with Gasteiger partial charge in [0.25, 0.3) is 0 Å². The van der Waals surface area contributed by atoms with E-state index in [1.807, 2.05) is 0 Å². The number of hydrogen-bond acceptors (Lipinski definition) is 5. The number of methoxy groups -OCH3 is 2. The maximum Gasteiger partial charge on any atom is 0.304 e. The zero-order valence-electron chi connectivity index (χ0n) is 8.30. The van der Waals surface area contributed by atoms with Gasteiger partial charge in [-0.25, -0.2) is 0 Å². The van der Waals surface area contributed by atoms with Gasteiger partial charge in [0.2, 0.25) is 0 Å². The summed E-state index contributed by atoms with van der Waals surface area (Å²) in [5.41, 5.74) is 0. The summed E-state index contributed by atoms with van der Waals surface area (Å²) in [6.45, 7) is 0. The standard InChI is InChI=1S/C8H16O5S/c1-12-8(13-2)6(9)5-14-4-3-7(10)11/h6,8-9H,3-5H2,1-2H3,(H,10,11). The predicted octanol–water partition coefficient (Wildman–Crippen LogP) is 0.174. The highest BCUT2D eigenvalue weighted by atomic mass is 32.2. The Bertz CT molecular complexity index is 160. The van der Waals surface area contributed by atoms with Crippen molar-refractivity contribution >= 4 is 17.7 Å². The molecule has 1 unspecified atom stereocenters. The number of aliphatic hydroxyl groups is 1. The minimum Gasteiger partial charge on any atom is -0.481 e. The minimum absolute atomic E-state index is 0.0992. The fraction of sp³-hybridized carbons (Fsp3) is 0.875. The molecule has 0 aliphatic carbocycles. The average molecular weight is 224 g/mol. The highest BCUT2D eigenvalue weighted by molar-refractivity contribution is 7.99. The van der Waals surface area contributed by atoms with E-state index in [1.54, 1.807) is 0 Å². The van der Waals surface area contributed by atoms with E-state index in [9.17, 15) is 9.90 Å². The van der Waals surface area contributed by atoms with Crippen molar-refractivity contribution < 1.29 is 24.5 Å². The van der Waals surface area contributed by atoms with Crippen LogP contribution in [-0.4, -0.2) is 54.3 Å². The second-order valence-corrected chi connectivity index (χ2v) is 3.78. The predicted molar refractivity (Wildman–Crippen MR) is 53.4 cm³/mol. The van der Waals surface area contributed by atoms with E-state index >= 15 is 0 Å². The van der Waals surface area contributed by atoms with Crippen LogP contribution in [0.15, 0.2) is 0 Å². The first-order chi connectivity index (χ1) is 6.61. The number of carboxylic acid groups (broad SMARTS) is 1. The Morgan fingerprint density at radius 2 is 2.00 bits per heavy atom. The molecule has 0 aliphatic rings. The van der Waals surface area contributed by atoms with E-state index in [2.05, 4.69) is 0 Å². The molecule has 0 aliphatic heterocycles. The smallest absolute Gasteiger partial charge is 0.304 e. The first-order valence-corrected chi connectivity index (χ1v) is 5.30. The molecule has 0 fully saturated rings. The Hall–Kier alpha value is -0.300. The summed E-state index contributed by atoms with van der Waals surface area (Å²) >= 11 is 1.36. The molecule has 0 heterocycles. The molecule has 0 spiro atoms. The molecule has 2 N–H and O–H groups in total. The van der Waals surface area contributed by atoms with Gasteiger partial charge in [0, 0.05) is 25.7 Å². The summed E-state index contributed by atoms with van der Waals surface area (Å²) in [6.07, 6.45) is -1.28. The number of aliphatic hydroxyl groups excluding tert-OH is 1. The van der Waals surface area contributed by atoms with Crippen LogP contribution in [0.2, 0.25) is 0 Å². The highest BCUT2D eigenvalue weighted by Gasteiger charge is 2.17. The van der Waals surface area contributed by atoms with E-state index in [0.717, 1.165) is 0 Å². The number of hydrogen-bond donors (Lipinski definition) is 2. The molecule has 0 saturated carbocycles. The number of thioether (sulfide) groups is 1. The summed E-state index contributed by atoms with van der Waals surface area (Å²) in [6, 6.07) is 0. The van der Waals surface area contributed by atoms with Gasteiger partial charge in [0.15, 0.2) is 6.29 Å². The third-order valence-electron chi connectivity index (χ3n) is 1.53. The lowest BCUT2D eigenvalue weighted by atomic mass is 10.4. The second kappa shape index (κ2) is 8.05. The molecule has 0 aromatic rings. The third kappa shape index (κ3) is 6.20. The number of rotatable bonds is 8. The van der Waals surface area contributed by atoms with Crippen LogP contribution < -0.4 is 0 Å². The van der Waals surface area contributed by atoms with Crippen molar-refractivity contribution in [1.82, 2.24) is 0 Å². The zero-order chi connectivity index (χ0) is 11.0. The summed E-state index contributed by atoms with van der Waals surface area (Å²) in [5.74, 6) is 0.0497. The average Bonchev–Trinajstić information content (AvgIpc) is 2.14.